The van der Waals surface area contributed by atoms with Gasteiger partial charge < -0.3 is 19.8 Å². The maximum Gasteiger partial charge on any atom is 0.410 e. The molecule has 0 aromatic heterocycles. The van der Waals surface area contributed by atoms with Gasteiger partial charge in [-0.3, -0.25) is 0 Å². The van der Waals surface area contributed by atoms with E-state index in [-0.39, 0.29) is 24.8 Å². The lowest BCUT2D eigenvalue weighted by atomic mass is 9.72. The van der Waals surface area contributed by atoms with Crippen LogP contribution in [0.4, 0.5) is 4.79 Å². The van der Waals surface area contributed by atoms with Gasteiger partial charge in [0.1, 0.15) is 5.60 Å². The Morgan fingerprint density at radius 1 is 1.25 bits per heavy atom. The predicted molar refractivity (Wildman–Crippen MR) is 75.3 cm³/mol. The third-order valence-corrected chi connectivity index (χ3v) is 4.40. The summed E-state index contributed by atoms with van der Waals surface area (Å²) in [4.78, 5) is 13.9. The quantitative estimate of drug-likeness (QED) is 0.770. The molecule has 2 N–H and O–H groups in total. The zero-order valence-electron chi connectivity index (χ0n) is 12.7. The van der Waals surface area contributed by atoms with Crippen molar-refractivity contribution in [2.45, 2.75) is 64.2 Å². The molecule has 0 spiro atoms. The number of fused-ring (bicyclic) bond motifs is 1. The Kier molecular flexibility index (Phi) is 4.59. The monoisotopic (exact) mass is 285 g/mol. The van der Waals surface area contributed by atoms with Crippen LogP contribution in [0.15, 0.2) is 0 Å². The van der Waals surface area contributed by atoms with Crippen molar-refractivity contribution in [3.63, 3.8) is 0 Å². The summed E-state index contributed by atoms with van der Waals surface area (Å²) in [5.41, 5.74) is -0.528. The first-order valence-corrected chi connectivity index (χ1v) is 7.58. The molecule has 1 saturated carbocycles. The Balaban J connectivity index is 2.05. The molecule has 2 rings (SSSR count). The minimum atomic E-state index is -0.528. The Morgan fingerprint density at radius 2 is 1.95 bits per heavy atom. The molecule has 1 saturated heterocycles. The van der Waals surface area contributed by atoms with E-state index >= 15 is 0 Å². The zero-order chi connectivity index (χ0) is 14.9. The van der Waals surface area contributed by atoms with E-state index in [1.165, 1.54) is 0 Å². The molecule has 5 heteroatoms. The van der Waals surface area contributed by atoms with Crippen molar-refractivity contribution in [3.05, 3.63) is 0 Å². The minimum absolute atomic E-state index is 0.0228. The number of amides is 1. The largest absolute Gasteiger partial charge is 0.444 e. The molecule has 5 nitrogen and oxygen atoms in total. The number of aliphatic hydroxyl groups excluding tert-OH is 2. The van der Waals surface area contributed by atoms with Crippen molar-refractivity contribution in [1.82, 2.24) is 4.90 Å². The van der Waals surface area contributed by atoms with Crippen LogP contribution in [0.1, 0.15) is 46.5 Å². The summed E-state index contributed by atoms with van der Waals surface area (Å²) in [6, 6.07) is -0.152. The lowest BCUT2D eigenvalue weighted by molar-refractivity contribution is -0.0387. The average Bonchev–Trinajstić information content (AvgIpc) is 2.35. The van der Waals surface area contributed by atoms with Gasteiger partial charge in [-0.2, -0.15) is 0 Å². The highest BCUT2D eigenvalue weighted by Crippen LogP contribution is 2.39. The van der Waals surface area contributed by atoms with Gasteiger partial charge in [0.2, 0.25) is 0 Å². The highest BCUT2D eigenvalue weighted by atomic mass is 16.6. The summed E-state index contributed by atoms with van der Waals surface area (Å²) in [5.74, 6) is 0.836. The van der Waals surface area contributed by atoms with Crippen molar-refractivity contribution >= 4 is 6.09 Å². The van der Waals surface area contributed by atoms with Crippen LogP contribution < -0.4 is 0 Å². The molecule has 1 aliphatic carbocycles. The van der Waals surface area contributed by atoms with E-state index < -0.39 is 5.60 Å². The number of hydrogen-bond donors (Lipinski definition) is 2. The van der Waals surface area contributed by atoms with Crippen LogP contribution >= 0.6 is 0 Å². The highest BCUT2D eigenvalue weighted by Gasteiger charge is 2.41. The first kappa shape index (κ1) is 15.6. The second-order valence-corrected chi connectivity index (χ2v) is 7.19. The van der Waals surface area contributed by atoms with E-state index in [2.05, 4.69) is 0 Å². The van der Waals surface area contributed by atoms with Crippen LogP contribution in [0.3, 0.4) is 0 Å². The Hall–Kier alpha value is -0.810. The summed E-state index contributed by atoms with van der Waals surface area (Å²) in [6.45, 7) is 6.09. The second-order valence-electron chi connectivity index (χ2n) is 7.19. The first-order valence-electron chi connectivity index (χ1n) is 7.58. The molecule has 0 aromatic rings. The molecule has 0 aromatic carbocycles. The Bertz CT molecular complexity index is 352. The molecule has 1 amide bonds. The maximum atomic E-state index is 12.3. The number of nitrogens with zero attached hydrogens (tertiary/aromatic N) is 1. The number of piperidine rings is 1. The smallest absolute Gasteiger partial charge is 0.410 e. The fourth-order valence-electron chi connectivity index (χ4n) is 3.43. The average molecular weight is 285 g/mol. The standard InChI is InChI=1S/C15H27NO4/c1-15(2,3)20-14(19)16-8-11-7-13(18)5-4-10(11)6-12(16)9-17/h10-13,17-18H,4-9H2,1-3H3. The van der Waals surface area contributed by atoms with E-state index in [1.807, 2.05) is 20.8 Å². The molecule has 4 atom stereocenters. The number of rotatable bonds is 1. The molecular formula is C15H27NO4. The van der Waals surface area contributed by atoms with Gasteiger partial charge >= 0.3 is 6.09 Å². The molecule has 1 heterocycles. The number of ether oxygens (including phenoxy) is 1. The number of hydrogen-bond acceptors (Lipinski definition) is 4. The van der Waals surface area contributed by atoms with Gasteiger partial charge in [-0.25, -0.2) is 4.79 Å². The van der Waals surface area contributed by atoms with Gasteiger partial charge in [-0.05, 0) is 58.3 Å². The van der Waals surface area contributed by atoms with Crippen LogP contribution in [-0.4, -0.2) is 52.1 Å². The molecule has 2 fully saturated rings. The van der Waals surface area contributed by atoms with E-state index in [0.717, 1.165) is 25.7 Å². The van der Waals surface area contributed by atoms with Gasteiger partial charge in [0, 0.05) is 6.54 Å². The summed E-state index contributed by atoms with van der Waals surface area (Å²) >= 11 is 0. The lowest BCUT2D eigenvalue weighted by Gasteiger charge is -2.46. The van der Waals surface area contributed by atoms with Crippen molar-refractivity contribution in [3.8, 4) is 0 Å². The third kappa shape index (κ3) is 3.64. The van der Waals surface area contributed by atoms with Crippen molar-refractivity contribution < 1.29 is 19.7 Å². The summed E-state index contributed by atoms with van der Waals surface area (Å²) in [5, 5.41) is 19.4. The van der Waals surface area contributed by atoms with Crippen LogP contribution in [0.5, 0.6) is 0 Å². The SMILES string of the molecule is CC(C)(C)OC(=O)N1CC2CC(O)CCC2CC1CO. The van der Waals surface area contributed by atoms with E-state index in [4.69, 9.17) is 4.74 Å². The van der Waals surface area contributed by atoms with Crippen LogP contribution in [0.2, 0.25) is 0 Å². The van der Waals surface area contributed by atoms with Gasteiger partial charge in [-0.15, -0.1) is 0 Å². The van der Waals surface area contributed by atoms with Crippen molar-refractivity contribution in [1.29, 1.82) is 0 Å². The molecule has 2 aliphatic rings. The van der Waals surface area contributed by atoms with Gasteiger partial charge in [0.05, 0.1) is 18.8 Å². The van der Waals surface area contributed by atoms with Crippen LogP contribution in [0.25, 0.3) is 0 Å². The number of likely N-dealkylation sites (tertiary alicyclic amines) is 1. The molecule has 0 bridgehead atoms. The van der Waals surface area contributed by atoms with Gasteiger partial charge in [-0.1, -0.05) is 0 Å². The zero-order valence-corrected chi connectivity index (χ0v) is 12.7. The van der Waals surface area contributed by atoms with Crippen LogP contribution in [0, 0.1) is 11.8 Å². The number of aliphatic hydroxyl groups is 2. The maximum absolute atomic E-state index is 12.3. The molecule has 0 radical (unpaired) electrons. The third-order valence-electron chi connectivity index (χ3n) is 4.40. The predicted octanol–water partition coefficient (Wildman–Crippen LogP) is 1.77. The van der Waals surface area contributed by atoms with Crippen LogP contribution in [-0.2, 0) is 4.74 Å². The van der Waals surface area contributed by atoms with Crippen molar-refractivity contribution in [2.24, 2.45) is 11.8 Å². The number of carbonyl (C=O) groups is 1. The lowest BCUT2D eigenvalue weighted by Crippen LogP contribution is -2.54. The summed E-state index contributed by atoms with van der Waals surface area (Å²) in [7, 11) is 0. The van der Waals surface area contributed by atoms with Gasteiger partial charge in [0.25, 0.3) is 0 Å². The molecule has 4 unspecified atom stereocenters. The molecule has 116 valence electrons. The fraction of sp³-hybridized carbons (Fsp3) is 0.933. The summed E-state index contributed by atoms with van der Waals surface area (Å²) in [6.07, 6.45) is 2.79. The molecular weight excluding hydrogens is 258 g/mol. The normalized spacial score (nSPS) is 34.5. The van der Waals surface area contributed by atoms with Crippen molar-refractivity contribution in [2.75, 3.05) is 13.2 Å². The Labute approximate surface area is 120 Å². The van der Waals surface area contributed by atoms with Gasteiger partial charge in [0.15, 0.2) is 0 Å². The topological polar surface area (TPSA) is 70.0 Å². The van der Waals surface area contributed by atoms with E-state index in [1.54, 1.807) is 4.90 Å². The molecule has 1 aliphatic heterocycles. The van der Waals surface area contributed by atoms with E-state index in [0.29, 0.717) is 18.4 Å². The first-order chi connectivity index (χ1) is 9.30. The highest BCUT2D eigenvalue weighted by molar-refractivity contribution is 5.68. The number of carbonyl (C=O) groups excluding carboxylic acids is 1. The Morgan fingerprint density at radius 3 is 2.55 bits per heavy atom. The molecule has 20 heavy (non-hydrogen) atoms. The minimum Gasteiger partial charge on any atom is -0.444 e. The summed E-state index contributed by atoms with van der Waals surface area (Å²) < 4.78 is 5.43. The second kappa shape index (κ2) is 5.90. The fourth-order valence-corrected chi connectivity index (χ4v) is 3.43. The van der Waals surface area contributed by atoms with E-state index in [9.17, 15) is 15.0 Å².